The minimum atomic E-state index is -0.807. The number of hydrogen-bond donors (Lipinski definition) is 1. The number of halogens is 2. The second kappa shape index (κ2) is 11.0. The smallest absolute Gasteiger partial charge is 0.428 e. The van der Waals surface area contributed by atoms with E-state index in [1.54, 1.807) is 24.4 Å². The molecule has 2 unspecified atom stereocenters. The molecule has 6 rings (SSSR count). The van der Waals surface area contributed by atoms with Gasteiger partial charge in [-0.05, 0) is 58.5 Å². The van der Waals surface area contributed by atoms with Gasteiger partial charge in [-0.1, -0.05) is 41.7 Å². The van der Waals surface area contributed by atoms with Gasteiger partial charge in [0.15, 0.2) is 0 Å². The van der Waals surface area contributed by atoms with E-state index in [0.29, 0.717) is 33.9 Å². The Kier molecular flexibility index (Phi) is 7.34. The van der Waals surface area contributed by atoms with Crippen LogP contribution in [0.2, 0.25) is 0 Å². The molecule has 0 aliphatic carbocycles. The van der Waals surface area contributed by atoms with Crippen LogP contribution in [0.4, 0.5) is 19.9 Å². The Labute approximate surface area is 240 Å². The molecule has 4 heterocycles. The summed E-state index contributed by atoms with van der Waals surface area (Å²) in [5.41, 5.74) is 1.46. The number of pyridine rings is 1. The molecule has 39 heavy (non-hydrogen) atoms. The van der Waals surface area contributed by atoms with E-state index in [1.807, 2.05) is 59.0 Å². The molecular formula is C27H22FIN4O5S. The van der Waals surface area contributed by atoms with E-state index in [2.05, 4.69) is 10.3 Å². The normalized spacial score (nSPS) is 18.8. The fraction of sp³-hybridized carbons (Fsp3) is 0.222. The summed E-state index contributed by atoms with van der Waals surface area (Å²) in [4.78, 5) is 42.4. The lowest BCUT2D eigenvalue weighted by molar-refractivity contribution is -0.146. The van der Waals surface area contributed by atoms with Crippen LogP contribution >= 0.6 is 33.9 Å². The van der Waals surface area contributed by atoms with E-state index in [0.717, 1.165) is 9.13 Å². The topological polar surface area (TPSA) is 93.2 Å². The van der Waals surface area contributed by atoms with Gasteiger partial charge in [0, 0.05) is 27.6 Å². The van der Waals surface area contributed by atoms with Gasteiger partial charge in [0.05, 0.1) is 30.4 Å². The number of carbonyl (C=O) groups is 2. The Balaban J connectivity index is 1.18. The van der Waals surface area contributed by atoms with Crippen LogP contribution in [0.3, 0.4) is 0 Å². The van der Waals surface area contributed by atoms with E-state index in [1.165, 1.54) is 27.5 Å². The molecule has 1 amide bonds. The summed E-state index contributed by atoms with van der Waals surface area (Å²) in [6.45, 7) is 1.07. The molecule has 200 valence electrons. The van der Waals surface area contributed by atoms with Gasteiger partial charge in [0.25, 0.3) is 5.91 Å². The number of benzene rings is 2. The molecule has 9 nitrogen and oxygen atoms in total. The van der Waals surface area contributed by atoms with Crippen molar-refractivity contribution in [3.63, 3.8) is 0 Å². The van der Waals surface area contributed by atoms with E-state index >= 15 is 0 Å². The number of carbonyl (C=O) groups excluding carboxylic acids is 2. The van der Waals surface area contributed by atoms with Gasteiger partial charge in [-0.25, -0.2) is 19.2 Å². The number of hydroxylamine groups is 4. The third-order valence-corrected chi connectivity index (χ3v) is 8.26. The number of fused-ring (bicyclic) bond motifs is 2. The molecule has 0 bridgehead atoms. The Hall–Kier alpha value is -3.33. The quantitative estimate of drug-likeness (QED) is 0.207. The fourth-order valence-electron chi connectivity index (χ4n) is 4.70. The molecule has 0 spiro atoms. The van der Waals surface area contributed by atoms with Gasteiger partial charge in [-0.3, -0.25) is 9.63 Å². The van der Waals surface area contributed by atoms with Gasteiger partial charge < -0.3 is 14.9 Å². The molecule has 2 fully saturated rings. The lowest BCUT2D eigenvalue weighted by atomic mass is 10.1. The maximum Gasteiger partial charge on any atom is 0.528 e. The first-order valence-electron chi connectivity index (χ1n) is 12.2. The predicted molar refractivity (Wildman–Crippen MR) is 151 cm³/mol. The van der Waals surface area contributed by atoms with Crippen LogP contribution < -0.4 is 5.32 Å². The molecule has 2 atom stereocenters. The first-order chi connectivity index (χ1) is 19.0. The molecular weight excluding hydrogens is 638 g/mol. The summed E-state index contributed by atoms with van der Waals surface area (Å²) in [6, 6.07) is 17.4. The van der Waals surface area contributed by atoms with E-state index in [-0.39, 0.29) is 36.7 Å². The van der Waals surface area contributed by atoms with Crippen molar-refractivity contribution < 1.29 is 28.4 Å². The predicted octanol–water partition coefficient (Wildman–Crippen LogP) is 5.74. The monoisotopic (exact) mass is 660 g/mol. The van der Waals surface area contributed by atoms with Crippen molar-refractivity contribution in [3.05, 3.63) is 87.4 Å². The molecule has 2 aliphatic rings. The second-order valence-corrected chi connectivity index (χ2v) is 11.4. The van der Waals surface area contributed by atoms with Crippen molar-refractivity contribution in [2.24, 2.45) is 5.92 Å². The molecule has 0 saturated carbocycles. The first kappa shape index (κ1) is 25.9. The molecule has 12 heteroatoms. The zero-order valence-corrected chi connectivity index (χ0v) is 23.4. The minimum absolute atomic E-state index is 0.0519. The third-order valence-electron chi connectivity index (χ3n) is 6.56. The number of nitrogens with one attached hydrogen (secondary N) is 1. The lowest BCUT2D eigenvalue weighted by Gasteiger charge is -2.23. The first-order valence-corrected chi connectivity index (χ1v) is 14.1. The minimum Gasteiger partial charge on any atom is -0.428 e. The maximum absolute atomic E-state index is 14.6. The van der Waals surface area contributed by atoms with Gasteiger partial charge in [0.2, 0.25) is 0 Å². The standard InChI is InChI=1S/C27H22FIN4O5S/c28-20-11-18(29)8-9-21(20)31-25-23(19-7-4-10-30-24(19)39-25)26(34)33-22-13-32(12-17(22)15-37-33)38-27(35)36-14-16-5-2-1-3-6-16/h1-11,17,22,31H,12-15H2. The Morgan fingerprint density at radius 3 is 2.82 bits per heavy atom. The second-order valence-electron chi connectivity index (χ2n) is 9.13. The van der Waals surface area contributed by atoms with Gasteiger partial charge in [-0.15, -0.1) is 5.06 Å². The van der Waals surface area contributed by atoms with Crippen molar-refractivity contribution in [2.45, 2.75) is 12.6 Å². The highest BCUT2D eigenvalue weighted by atomic mass is 127. The van der Waals surface area contributed by atoms with Crippen molar-refractivity contribution in [3.8, 4) is 0 Å². The van der Waals surface area contributed by atoms with E-state index in [9.17, 15) is 14.0 Å². The Morgan fingerprint density at radius 1 is 1.15 bits per heavy atom. The van der Waals surface area contributed by atoms with Crippen molar-refractivity contribution >= 4 is 66.9 Å². The lowest BCUT2D eigenvalue weighted by Crippen LogP contribution is -2.39. The van der Waals surface area contributed by atoms with Crippen molar-refractivity contribution in [2.75, 3.05) is 25.0 Å². The van der Waals surface area contributed by atoms with Crippen LogP contribution in [0.25, 0.3) is 10.2 Å². The summed E-state index contributed by atoms with van der Waals surface area (Å²) in [5.74, 6) is -0.849. The SMILES string of the molecule is O=C(OCc1ccccc1)ON1CC2CON(C(=O)c3c(Nc4ccc(I)cc4F)sc4ncccc34)C2C1. The summed E-state index contributed by atoms with van der Waals surface area (Å²) in [7, 11) is 0. The summed E-state index contributed by atoms with van der Waals surface area (Å²) in [5, 5.41) is 7.04. The van der Waals surface area contributed by atoms with Crippen molar-refractivity contribution in [1.82, 2.24) is 15.1 Å². The maximum atomic E-state index is 14.6. The van der Waals surface area contributed by atoms with Crippen LogP contribution in [0.5, 0.6) is 0 Å². The van der Waals surface area contributed by atoms with Crippen LogP contribution in [-0.4, -0.2) is 52.9 Å². The van der Waals surface area contributed by atoms with Crippen LogP contribution in [0.15, 0.2) is 66.9 Å². The highest BCUT2D eigenvalue weighted by molar-refractivity contribution is 14.1. The highest BCUT2D eigenvalue weighted by Gasteiger charge is 2.47. The number of amides is 1. The summed E-state index contributed by atoms with van der Waals surface area (Å²) >= 11 is 3.31. The number of rotatable bonds is 6. The van der Waals surface area contributed by atoms with Crippen molar-refractivity contribution in [1.29, 1.82) is 0 Å². The molecule has 0 radical (unpaired) electrons. The van der Waals surface area contributed by atoms with Gasteiger partial charge in [-0.2, -0.15) is 0 Å². The van der Waals surface area contributed by atoms with Crippen LogP contribution in [-0.2, 0) is 21.0 Å². The Morgan fingerprint density at radius 2 is 2.00 bits per heavy atom. The number of anilines is 2. The molecule has 2 saturated heterocycles. The average molecular weight is 660 g/mol. The molecule has 2 aliphatic heterocycles. The number of ether oxygens (including phenoxy) is 1. The highest BCUT2D eigenvalue weighted by Crippen LogP contribution is 2.40. The zero-order valence-electron chi connectivity index (χ0n) is 20.4. The molecule has 4 aromatic rings. The number of nitrogens with zero attached hydrogens (tertiary/aromatic N) is 3. The number of aromatic nitrogens is 1. The number of hydrogen-bond acceptors (Lipinski definition) is 9. The zero-order chi connectivity index (χ0) is 26.9. The number of thiophene rings is 1. The third kappa shape index (κ3) is 5.41. The Bertz CT molecular complexity index is 1540. The largest absolute Gasteiger partial charge is 0.528 e. The van der Waals surface area contributed by atoms with Gasteiger partial charge in [0.1, 0.15) is 22.3 Å². The summed E-state index contributed by atoms with van der Waals surface area (Å²) < 4.78 is 20.6. The van der Waals surface area contributed by atoms with Gasteiger partial charge >= 0.3 is 6.16 Å². The summed E-state index contributed by atoms with van der Waals surface area (Å²) in [6.07, 6.45) is 0.840. The average Bonchev–Trinajstić information content (AvgIpc) is 3.61. The van der Waals surface area contributed by atoms with Crippen LogP contribution in [0.1, 0.15) is 15.9 Å². The molecule has 2 aromatic carbocycles. The van der Waals surface area contributed by atoms with E-state index < -0.39 is 12.0 Å². The van der Waals surface area contributed by atoms with Crippen LogP contribution in [0, 0.1) is 15.3 Å². The molecule has 2 aromatic heterocycles. The van der Waals surface area contributed by atoms with E-state index in [4.69, 9.17) is 14.4 Å². The fourth-order valence-corrected chi connectivity index (χ4v) is 6.21. The molecule has 1 N–H and O–H groups in total.